The van der Waals surface area contributed by atoms with Crippen LogP contribution in [-0.2, 0) is 19.8 Å². The normalized spacial score (nSPS) is 13.7. The number of nitrogens with one attached hydrogen (secondary N) is 2. The summed E-state index contributed by atoms with van der Waals surface area (Å²) in [6.07, 6.45) is 4.72. The van der Waals surface area contributed by atoms with Gasteiger partial charge in [-0.3, -0.25) is 4.79 Å². The van der Waals surface area contributed by atoms with Gasteiger partial charge in [0.25, 0.3) is 5.91 Å². The molecule has 1 aliphatic rings. The van der Waals surface area contributed by atoms with Crippen molar-refractivity contribution in [3.05, 3.63) is 105 Å². The fourth-order valence-corrected chi connectivity index (χ4v) is 5.80. The first-order valence-electron chi connectivity index (χ1n) is 16.3. The highest BCUT2D eigenvalue weighted by atomic mass is 16.5. The molecule has 1 heterocycles. The lowest BCUT2D eigenvalue weighted by atomic mass is 10.0. The number of fused-ring (bicyclic) bond motifs is 1. The van der Waals surface area contributed by atoms with E-state index in [1.165, 1.54) is 7.11 Å². The van der Waals surface area contributed by atoms with Crippen LogP contribution in [-0.4, -0.2) is 55.8 Å². The highest BCUT2D eigenvalue weighted by Gasteiger charge is 2.25. The minimum absolute atomic E-state index is 0.149. The van der Waals surface area contributed by atoms with Crippen molar-refractivity contribution in [3.8, 4) is 28.7 Å². The smallest absolute Gasteiger partial charge is 0.255 e. The summed E-state index contributed by atoms with van der Waals surface area (Å²) >= 11 is 0. The van der Waals surface area contributed by atoms with Gasteiger partial charge in [-0.25, -0.2) is 0 Å². The predicted molar refractivity (Wildman–Crippen MR) is 191 cm³/mol. The minimum atomic E-state index is -0.428. The lowest BCUT2D eigenvalue weighted by Gasteiger charge is -2.29. The number of hydrogen-bond donors (Lipinski definition) is 5. The van der Waals surface area contributed by atoms with Crippen LogP contribution in [0.3, 0.4) is 0 Å². The van der Waals surface area contributed by atoms with E-state index in [1.54, 1.807) is 26.4 Å². The molecule has 0 saturated carbocycles. The van der Waals surface area contributed by atoms with Crippen LogP contribution in [0.25, 0.3) is 12.2 Å². The van der Waals surface area contributed by atoms with Crippen LogP contribution in [0.2, 0.25) is 0 Å². The highest BCUT2D eigenvalue weighted by Crippen LogP contribution is 2.39. The zero-order valence-corrected chi connectivity index (χ0v) is 28.7. The number of ether oxygens (including phenoxy) is 5. The standard InChI is InChI=1S/C39H44N2O9/c1-24-7-11-32-30(15-24)39(45)41-38(40-32)27-10-12-33(29(20-27)22-43)49-13-5-6-14-50-37-35(47-3)18-26(19-36(37)48-4)9-8-25-16-28(21-42)31(23-44)34(17-25)46-2/h7-12,15-20,38,40,42-44H,5-6,13-14,21-23H2,1-4H3,(H,41,45)/b9-8-. The van der Waals surface area contributed by atoms with Crippen LogP contribution in [0.15, 0.2) is 60.7 Å². The van der Waals surface area contributed by atoms with Crippen molar-refractivity contribution in [2.24, 2.45) is 0 Å². The Bertz CT molecular complexity index is 1790. The number of aliphatic hydroxyl groups is 3. The quantitative estimate of drug-likeness (QED) is 0.0729. The third-order valence-corrected chi connectivity index (χ3v) is 8.45. The number of carbonyl (C=O) groups is 1. The van der Waals surface area contributed by atoms with E-state index >= 15 is 0 Å². The number of methoxy groups -OCH3 is 3. The number of unbranched alkanes of at least 4 members (excludes halogenated alkanes) is 1. The molecular formula is C39H44N2O9. The number of aliphatic hydroxyl groups excluding tert-OH is 3. The third-order valence-electron chi connectivity index (χ3n) is 8.45. The number of benzene rings is 4. The van der Waals surface area contributed by atoms with E-state index in [1.807, 2.05) is 67.6 Å². The molecule has 1 amide bonds. The molecule has 11 heteroatoms. The van der Waals surface area contributed by atoms with Crippen molar-refractivity contribution in [2.45, 2.75) is 45.8 Å². The molecule has 1 aliphatic heterocycles. The van der Waals surface area contributed by atoms with Gasteiger partial charge >= 0.3 is 0 Å². The van der Waals surface area contributed by atoms with Crippen LogP contribution in [0.1, 0.15) is 68.3 Å². The molecule has 0 aromatic heterocycles. The zero-order chi connectivity index (χ0) is 35.6. The number of hydrogen-bond acceptors (Lipinski definition) is 10. The van der Waals surface area contributed by atoms with E-state index in [4.69, 9.17) is 23.7 Å². The summed E-state index contributed by atoms with van der Waals surface area (Å²) in [7, 11) is 4.66. The maximum Gasteiger partial charge on any atom is 0.255 e. The average Bonchev–Trinajstić information content (AvgIpc) is 3.14. The summed E-state index contributed by atoms with van der Waals surface area (Å²) in [6, 6.07) is 18.5. The summed E-state index contributed by atoms with van der Waals surface area (Å²) in [6.45, 7) is 2.10. The Balaban J connectivity index is 1.16. The summed E-state index contributed by atoms with van der Waals surface area (Å²) < 4.78 is 28.8. The molecule has 0 fully saturated rings. The molecule has 0 saturated heterocycles. The Morgan fingerprint density at radius 3 is 1.96 bits per heavy atom. The maximum absolute atomic E-state index is 12.7. The van der Waals surface area contributed by atoms with E-state index in [-0.39, 0.29) is 25.7 Å². The van der Waals surface area contributed by atoms with Gasteiger partial charge < -0.3 is 49.6 Å². The Labute approximate surface area is 292 Å². The largest absolute Gasteiger partial charge is 0.496 e. The number of anilines is 1. The number of rotatable bonds is 16. The topological polar surface area (TPSA) is 148 Å². The molecular weight excluding hydrogens is 640 g/mol. The molecule has 5 N–H and O–H groups in total. The van der Waals surface area contributed by atoms with Gasteiger partial charge in [0.1, 0.15) is 17.7 Å². The number of carbonyl (C=O) groups excluding carboxylic acids is 1. The van der Waals surface area contributed by atoms with Crippen molar-refractivity contribution in [2.75, 3.05) is 39.9 Å². The van der Waals surface area contributed by atoms with Crippen LogP contribution in [0.5, 0.6) is 28.7 Å². The maximum atomic E-state index is 12.7. The van der Waals surface area contributed by atoms with Gasteiger partial charge in [0.15, 0.2) is 11.5 Å². The second kappa shape index (κ2) is 16.9. The van der Waals surface area contributed by atoms with Crippen molar-refractivity contribution < 1.29 is 43.8 Å². The van der Waals surface area contributed by atoms with Gasteiger partial charge in [0.05, 0.1) is 59.9 Å². The summed E-state index contributed by atoms with van der Waals surface area (Å²) in [5.41, 5.74) is 6.57. The van der Waals surface area contributed by atoms with Crippen LogP contribution in [0, 0.1) is 6.92 Å². The molecule has 264 valence electrons. The fourth-order valence-electron chi connectivity index (χ4n) is 5.80. The molecule has 0 aliphatic carbocycles. The molecule has 4 aromatic rings. The molecule has 0 bridgehead atoms. The van der Waals surface area contributed by atoms with E-state index in [0.717, 1.165) is 27.9 Å². The zero-order valence-electron chi connectivity index (χ0n) is 28.7. The molecule has 1 unspecified atom stereocenters. The molecule has 0 radical (unpaired) electrons. The second-order valence-corrected chi connectivity index (χ2v) is 11.8. The lowest BCUT2D eigenvalue weighted by Crippen LogP contribution is -2.38. The summed E-state index contributed by atoms with van der Waals surface area (Å²) in [5, 5.41) is 35.8. The van der Waals surface area contributed by atoms with Gasteiger partial charge in [-0.15, -0.1) is 0 Å². The highest BCUT2D eigenvalue weighted by molar-refractivity contribution is 6.01. The van der Waals surface area contributed by atoms with Crippen LogP contribution >= 0.6 is 0 Å². The van der Waals surface area contributed by atoms with Crippen LogP contribution < -0.4 is 34.3 Å². The third kappa shape index (κ3) is 8.31. The summed E-state index contributed by atoms with van der Waals surface area (Å²) in [5.74, 6) is 2.45. The average molecular weight is 685 g/mol. The van der Waals surface area contributed by atoms with Crippen molar-refractivity contribution in [1.82, 2.24) is 5.32 Å². The van der Waals surface area contributed by atoms with Gasteiger partial charge in [-0.05, 0) is 90.6 Å². The fraction of sp³-hybridized carbons (Fsp3) is 0.308. The lowest BCUT2D eigenvalue weighted by molar-refractivity contribution is 0.0935. The van der Waals surface area contributed by atoms with Crippen molar-refractivity contribution >= 4 is 23.7 Å². The first kappa shape index (κ1) is 36.1. The minimum Gasteiger partial charge on any atom is -0.496 e. The Morgan fingerprint density at radius 1 is 0.680 bits per heavy atom. The predicted octanol–water partition coefficient (Wildman–Crippen LogP) is 5.76. The number of amides is 1. The molecule has 5 rings (SSSR count). The molecule has 50 heavy (non-hydrogen) atoms. The monoisotopic (exact) mass is 684 g/mol. The van der Waals surface area contributed by atoms with Crippen molar-refractivity contribution in [3.63, 3.8) is 0 Å². The van der Waals surface area contributed by atoms with E-state index < -0.39 is 6.17 Å². The van der Waals surface area contributed by atoms with Crippen LogP contribution in [0.4, 0.5) is 5.69 Å². The molecule has 4 aromatic carbocycles. The SMILES string of the molecule is COc1cc(/C=C\c2cc(OC)c(OCCCCOc3ccc(C4NC(=O)c5cc(C)ccc5N4)cc3CO)c(OC)c2)cc(CO)c1CO. The Kier molecular flexibility index (Phi) is 12.2. The summed E-state index contributed by atoms with van der Waals surface area (Å²) in [4.78, 5) is 12.7. The second-order valence-electron chi connectivity index (χ2n) is 11.8. The van der Waals surface area contributed by atoms with E-state index in [9.17, 15) is 20.1 Å². The van der Waals surface area contributed by atoms with E-state index in [2.05, 4.69) is 10.6 Å². The molecule has 1 atom stereocenters. The van der Waals surface area contributed by atoms with Gasteiger partial charge in [-0.1, -0.05) is 29.8 Å². The molecule has 0 spiro atoms. The Hall–Kier alpha value is -5.23. The van der Waals surface area contributed by atoms with Gasteiger partial charge in [0, 0.05) is 16.8 Å². The first-order chi connectivity index (χ1) is 24.3. The number of aryl methyl sites for hydroxylation is 1. The van der Waals surface area contributed by atoms with Gasteiger partial charge in [0.2, 0.25) is 5.75 Å². The van der Waals surface area contributed by atoms with Crippen molar-refractivity contribution in [1.29, 1.82) is 0 Å². The molecule has 11 nitrogen and oxygen atoms in total. The van der Waals surface area contributed by atoms with Gasteiger partial charge in [-0.2, -0.15) is 0 Å². The van der Waals surface area contributed by atoms with E-state index in [0.29, 0.717) is 77.1 Å². The Morgan fingerprint density at radius 2 is 1.32 bits per heavy atom. The first-order valence-corrected chi connectivity index (χ1v) is 16.3.